The zero-order valence-electron chi connectivity index (χ0n) is 9.93. The van der Waals surface area contributed by atoms with Gasteiger partial charge in [-0.3, -0.25) is 0 Å². The molecule has 4 heteroatoms. The largest absolute Gasteiger partial charge is 0.466 e. The molecule has 0 radical (unpaired) electrons. The summed E-state index contributed by atoms with van der Waals surface area (Å²) in [5.41, 5.74) is 0. The van der Waals surface area contributed by atoms with Gasteiger partial charge in [-0.2, -0.15) is 0 Å². The fourth-order valence-electron chi connectivity index (χ4n) is 0.629. The molecule has 0 aromatic heterocycles. The van der Waals surface area contributed by atoms with E-state index in [0.717, 1.165) is 6.08 Å². The molecule has 92 valence electrons. The highest BCUT2D eigenvalue weighted by Crippen LogP contribution is 1.80. The van der Waals surface area contributed by atoms with Gasteiger partial charge in [0.1, 0.15) is 6.61 Å². The summed E-state index contributed by atoms with van der Waals surface area (Å²) in [7, 11) is 1.28. The second kappa shape index (κ2) is 10.8. The van der Waals surface area contributed by atoms with Crippen LogP contribution in [-0.4, -0.2) is 25.7 Å². The minimum atomic E-state index is -0.486. The average molecular weight is 244 g/mol. The second-order valence-corrected chi connectivity index (χ2v) is 2.63. The molecule has 0 aliphatic heterocycles. The molecular weight excluding hydrogens is 232 g/mol. The van der Waals surface area contributed by atoms with Gasteiger partial charge in [-0.25, -0.2) is 9.59 Å². The van der Waals surface area contributed by atoms with Gasteiger partial charge < -0.3 is 9.47 Å². The van der Waals surface area contributed by atoms with Crippen LogP contribution in [0.3, 0.4) is 0 Å². The lowest BCUT2D eigenvalue weighted by atomic mass is 10.4. The van der Waals surface area contributed by atoms with E-state index in [1.807, 2.05) is 0 Å². The third kappa shape index (κ3) is 9.82. The molecule has 0 atom stereocenters. The molecule has 0 spiro atoms. The molecule has 0 saturated heterocycles. The lowest BCUT2D eigenvalue weighted by molar-refractivity contribution is -0.136. The molecule has 0 aromatic carbocycles. The van der Waals surface area contributed by atoms with Crippen molar-refractivity contribution in [3.63, 3.8) is 0 Å². The second-order valence-electron chi connectivity index (χ2n) is 2.63. The van der Waals surface area contributed by atoms with Gasteiger partial charge in [0.15, 0.2) is 0 Å². The molecule has 0 rings (SSSR count). The maximum Gasteiger partial charge on any atom is 0.331 e. The lowest BCUT2D eigenvalue weighted by Gasteiger charge is -1.92. The van der Waals surface area contributed by atoms with E-state index in [9.17, 15) is 9.59 Å². The number of hydrogen-bond acceptors (Lipinski definition) is 4. The molecule has 0 heterocycles. The lowest BCUT2D eigenvalue weighted by Crippen LogP contribution is -1.98. The van der Waals surface area contributed by atoms with Crippen LogP contribution in [0, 0.1) is 23.7 Å². The van der Waals surface area contributed by atoms with Crippen molar-refractivity contribution in [3.05, 3.63) is 37.0 Å². The van der Waals surface area contributed by atoms with Gasteiger partial charge in [-0.1, -0.05) is 18.4 Å². The number of ether oxygens (including phenoxy) is 2. The van der Waals surface area contributed by atoms with E-state index in [4.69, 9.17) is 0 Å². The molecule has 0 aromatic rings. The highest BCUT2D eigenvalue weighted by molar-refractivity contribution is 5.82. The summed E-state index contributed by atoms with van der Waals surface area (Å²) in [6, 6.07) is 0. The fraction of sp³-hybridized carbons (Fsp3) is 0.143. The van der Waals surface area contributed by atoms with Crippen LogP contribution in [0.2, 0.25) is 0 Å². The first-order valence-corrected chi connectivity index (χ1v) is 4.90. The van der Waals surface area contributed by atoms with Crippen LogP contribution in [0.15, 0.2) is 37.0 Å². The van der Waals surface area contributed by atoms with Crippen molar-refractivity contribution >= 4 is 11.9 Å². The van der Waals surface area contributed by atoms with Gasteiger partial charge in [0.2, 0.25) is 0 Å². The van der Waals surface area contributed by atoms with Crippen LogP contribution in [-0.2, 0) is 19.1 Å². The smallest absolute Gasteiger partial charge is 0.331 e. The number of hydrogen-bond donors (Lipinski definition) is 0. The van der Waals surface area contributed by atoms with Crippen LogP contribution in [0.25, 0.3) is 0 Å². The van der Waals surface area contributed by atoms with E-state index in [-0.39, 0.29) is 6.61 Å². The maximum atomic E-state index is 10.6. The average Bonchev–Trinajstić information content (AvgIpc) is 2.40. The van der Waals surface area contributed by atoms with Crippen molar-refractivity contribution in [3.8, 4) is 23.7 Å². The Balaban J connectivity index is 3.92. The van der Waals surface area contributed by atoms with Crippen molar-refractivity contribution in [1.29, 1.82) is 0 Å². The van der Waals surface area contributed by atoms with Gasteiger partial charge >= 0.3 is 11.9 Å². The third-order valence-electron chi connectivity index (χ3n) is 1.40. The molecule has 0 N–H and O–H groups in total. The first kappa shape index (κ1) is 15.3. The van der Waals surface area contributed by atoms with Gasteiger partial charge in [0, 0.05) is 12.2 Å². The Labute approximate surface area is 106 Å². The van der Waals surface area contributed by atoms with Crippen LogP contribution in [0.1, 0.15) is 0 Å². The zero-order valence-corrected chi connectivity index (χ0v) is 9.93. The first-order valence-electron chi connectivity index (χ1n) is 4.90. The predicted molar refractivity (Wildman–Crippen MR) is 67.0 cm³/mol. The molecule has 0 saturated carbocycles. The molecule has 18 heavy (non-hydrogen) atoms. The van der Waals surface area contributed by atoms with Crippen molar-refractivity contribution in [2.24, 2.45) is 0 Å². The Bertz CT molecular complexity index is 475. The van der Waals surface area contributed by atoms with E-state index in [2.05, 4.69) is 39.7 Å². The van der Waals surface area contributed by atoms with E-state index in [0.29, 0.717) is 0 Å². The summed E-state index contributed by atoms with van der Waals surface area (Å²) in [5, 5.41) is 0. The normalized spacial score (nSPS) is 8.94. The summed E-state index contributed by atoms with van der Waals surface area (Å²) in [6.07, 6.45) is 6.70. The minimum absolute atomic E-state index is 0.134. The SMILES string of the molecule is C=CC(=O)OC/C=C\C#CC#C/C=C/C(=O)OC. The van der Waals surface area contributed by atoms with Crippen LogP contribution >= 0.6 is 0 Å². The van der Waals surface area contributed by atoms with Crippen molar-refractivity contribution in [2.45, 2.75) is 0 Å². The third-order valence-corrected chi connectivity index (χ3v) is 1.40. The molecule has 0 amide bonds. The number of allylic oxidation sites excluding steroid dienone is 2. The Kier molecular flexibility index (Phi) is 9.16. The van der Waals surface area contributed by atoms with Crippen molar-refractivity contribution < 1.29 is 19.1 Å². The van der Waals surface area contributed by atoms with Crippen molar-refractivity contribution in [2.75, 3.05) is 13.7 Å². The minimum Gasteiger partial charge on any atom is -0.466 e. The number of carbonyl (C=O) groups excluding carboxylic acids is 2. The van der Waals surface area contributed by atoms with E-state index in [1.165, 1.54) is 25.3 Å². The standard InChI is InChI=1S/C14H12O4/c1-3-13(15)18-12-10-8-6-4-5-7-9-11-14(16)17-2/h3,8-11H,1,12H2,2H3/b10-8-,11-9+. The van der Waals surface area contributed by atoms with Gasteiger partial charge in [0.05, 0.1) is 7.11 Å². The quantitative estimate of drug-likeness (QED) is 0.420. The molecule has 0 unspecified atom stereocenters. The van der Waals surface area contributed by atoms with Gasteiger partial charge in [0.25, 0.3) is 0 Å². The van der Waals surface area contributed by atoms with E-state index in [1.54, 1.807) is 6.08 Å². The first-order chi connectivity index (χ1) is 8.70. The van der Waals surface area contributed by atoms with Crippen LogP contribution < -0.4 is 0 Å². The predicted octanol–water partition coefficient (Wildman–Crippen LogP) is 1.01. The molecule has 0 aliphatic carbocycles. The molecule has 4 nitrogen and oxygen atoms in total. The van der Waals surface area contributed by atoms with E-state index >= 15 is 0 Å². The Hall–Kier alpha value is -2.72. The van der Waals surface area contributed by atoms with E-state index < -0.39 is 11.9 Å². The Morgan fingerprint density at radius 3 is 2.44 bits per heavy atom. The number of esters is 2. The van der Waals surface area contributed by atoms with Crippen LogP contribution in [0.5, 0.6) is 0 Å². The topological polar surface area (TPSA) is 52.6 Å². The number of methoxy groups -OCH3 is 1. The summed E-state index contributed by atoms with van der Waals surface area (Å²) in [6.45, 7) is 3.39. The fourth-order valence-corrected chi connectivity index (χ4v) is 0.629. The number of carbonyl (C=O) groups is 2. The van der Waals surface area contributed by atoms with Crippen LogP contribution in [0.4, 0.5) is 0 Å². The molecule has 0 aliphatic rings. The maximum absolute atomic E-state index is 10.6. The monoisotopic (exact) mass is 244 g/mol. The summed E-state index contributed by atoms with van der Waals surface area (Å²) in [4.78, 5) is 21.2. The molecule has 0 bridgehead atoms. The van der Waals surface area contributed by atoms with Gasteiger partial charge in [-0.15, -0.1) is 0 Å². The summed E-state index contributed by atoms with van der Waals surface area (Å²) >= 11 is 0. The molecular formula is C14H12O4. The summed E-state index contributed by atoms with van der Waals surface area (Å²) < 4.78 is 9.03. The Morgan fingerprint density at radius 1 is 1.17 bits per heavy atom. The number of rotatable bonds is 4. The van der Waals surface area contributed by atoms with Crippen molar-refractivity contribution in [1.82, 2.24) is 0 Å². The zero-order chi connectivity index (χ0) is 13.6. The highest BCUT2D eigenvalue weighted by atomic mass is 16.5. The molecule has 0 fully saturated rings. The summed E-state index contributed by atoms with van der Waals surface area (Å²) in [5.74, 6) is 9.19. The highest BCUT2D eigenvalue weighted by Gasteiger charge is 1.89. The van der Waals surface area contributed by atoms with Gasteiger partial charge in [-0.05, 0) is 30.1 Å². The Morgan fingerprint density at radius 2 is 1.83 bits per heavy atom.